The summed E-state index contributed by atoms with van der Waals surface area (Å²) >= 11 is 1.61. The summed E-state index contributed by atoms with van der Waals surface area (Å²) in [6, 6.07) is 15.1. The van der Waals surface area contributed by atoms with Crippen molar-refractivity contribution >= 4 is 29.1 Å². The lowest BCUT2D eigenvalue weighted by Crippen LogP contribution is -2.24. The van der Waals surface area contributed by atoms with Crippen molar-refractivity contribution in [1.82, 2.24) is 0 Å². The molecule has 1 atom stereocenters. The van der Waals surface area contributed by atoms with Gasteiger partial charge in [-0.15, -0.1) is 11.8 Å². The van der Waals surface area contributed by atoms with Gasteiger partial charge in [0.05, 0.1) is 5.25 Å². The Morgan fingerprint density at radius 2 is 1.81 bits per heavy atom. The molecule has 21 heavy (non-hydrogen) atoms. The van der Waals surface area contributed by atoms with Gasteiger partial charge in [0.2, 0.25) is 5.91 Å². The van der Waals surface area contributed by atoms with Crippen molar-refractivity contribution < 1.29 is 9.59 Å². The summed E-state index contributed by atoms with van der Waals surface area (Å²) in [5.74, 6) is 0.0291. The highest BCUT2D eigenvalue weighted by Gasteiger charge is 2.27. The predicted molar refractivity (Wildman–Crippen MR) is 84.9 cm³/mol. The van der Waals surface area contributed by atoms with Gasteiger partial charge in [0.1, 0.15) is 0 Å². The van der Waals surface area contributed by atoms with Gasteiger partial charge >= 0.3 is 0 Å². The van der Waals surface area contributed by atoms with Gasteiger partial charge in [-0.05, 0) is 49.2 Å². The number of Topliss-reactive ketones (excluding diaryl/α,β-unsaturated/α-hetero) is 1. The van der Waals surface area contributed by atoms with E-state index in [0.717, 1.165) is 12.1 Å². The van der Waals surface area contributed by atoms with Crippen LogP contribution in [0.3, 0.4) is 0 Å². The van der Waals surface area contributed by atoms with E-state index in [9.17, 15) is 9.59 Å². The van der Waals surface area contributed by atoms with Crippen molar-refractivity contribution in [2.75, 3.05) is 5.32 Å². The SMILES string of the molecule is CC(=O)c1ccc(NC(=O)C2Cc3ccccc3S2)cc1. The van der Waals surface area contributed by atoms with Crippen LogP contribution in [0.25, 0.3) is 0 Å². The molecule has 0 spiro atoms. The Morgan fingerprint density at radius 3 is 2.48 bits per heavy atom. The molecule has 3 nitrogen and oxygen atoms in total. The number of thioether (sulfide) groups is 1. The van der Waals surface area contributed by atoms with Crippen molar-refractivity contribution in [3.05, 3.63) is 59.7 Å². The number of benzene rings is 2. The van der Waals surface area contributed by atoms with Gasteiger partial charge in [0.15, 0.2) is 5.78 Å². The monoisotopic (exact) mass is 297 g/mol. The molecule has 1 unspecified atom stereocenters. The van der Waals surface area contributed by atoms with Crippen molar-refractivity contribution in [3.8, 4) is 0 Å². The number of rotatable bonds is 3. The highest BCUT2D eigenvalue weighted by Crippen LogP contribution is 2.37. The minimum absolute atomic E-state index is 0.00627. The number of anilines is 1. The summed E-state index contributed by atoms with van der Waals surface area (Å²) in [4.78, 5) is 24.7. The molecule has 1 heterocycles. The molecule has 2 aromatic rings. The Labute approximate surface area is 127 Å². The van der Waals surface area contributed by atoms with E-state index in [1.165, 1.54) is 17.4 Å². The largest absolute Gasteiger partial charge is 0.325 e. The van der Waals surface area contributed by atoms with Gasteiger partial charge in [-0.3, -0.25) is 9.59 Å². The molecule has 1 aliphatic heterocycles. The zero-order chi connectivity index (χ0) is 14.8. The van der Waals surface area contributed by atoms with E-state index in [4.69, 9.17) is 0 Å². The van der Waals surface area contributed by atoms with E-state index in [2.05, 4.69) is 17.4 Å². The van der Waals surface area contributed by atoms with Gasteiger partial charge < -0.3 is 5.32 Å². The maximum absolute atomic E-state index is 12.3. The number of hydrogen-bond acceptors (Lipinski definition) is 3. The second kappa shape index (κ2) is 5.74. The minimum atomic E-state index is -0.0881. The molecule has 0 aliphatic carbocycles. The molecule has 0 aromatic heterocycles. The highest BCUT2D eigenvalue weighted by atomic mass is 32.2. The Morgan fingerprint density at radius 1 is 1.10 bits per heavy atom. The zero-order valence-electron chi connectivity index (χ0n) is 11.6. The van der Waals surface area contributed by atoms with E-state index < -0.39 is 0 Å². The number of carbonyl (C=O) groups excluding carboxylic acids is 2. The number of ketones is 1. The summed E-state index contributed by atoms with van der Waals surface area (Å²) < 4.78 is 0. The Hall–Kier alpha value is -2.07. The number of fused-ring (bicyclic) bond motifs is 1. The van der Waals surface area contributed by atoms with Crippen LogP contribution >= 0.6 is 11.8 Å². The molecule has 1 aliphatic rings. The average molecular weight is 297 g/mol. The maximum atomic E-state index is 12.3. The summed E-state index contributed by atoms with van der Waals surface area (Å²) in [6.07, 6.45) is 0.762. The highest BCUT2D eigenvalue weighted by molar-refractivity contribution is 8.01. The Balaban J connectivity index is 1.66. The second-order valence-electron chi connectivity index (χ2n) is 5.04. The van der Waals surface area contributed by atoms with Crippen LogP contribution in [0.2, 0.25) is 0 Å². The van der Waals surface area contributed by atoms with Crippen molar-refractivity contribution in [2.45, 2.75) is 23.5 Å². The first-order valence-electron chi connectivity index (χ1n) is 6.80. The van der Waals surface area contributed by atoms with E-state index in [0.29, 0.717) is 5.56 Å². The number of nitrogens with one attached hydrogen (secondary N) is 1. The number of carbonyl (C=O) groups is 2. The second-order valence-corrected chi connectivity index (χ2v) is 6.29. The summed E-state index contributed by atoms with van der Waals surface area (Å²) in [5, 5.41) is 2.83. The number of amides is 1. The topological polar surface area (TPSA) is 46.2 Å². The molecule has 0 fully saturated rings. The third-order valence-electron chi connectivity index (χ3n) is 3.50. The van der Waals surface area contributed by atoms with Gasteiger partial charge in [-0.2, -0.15) is 0 Å². The summed E-state index contributed by atoms with van der Waals surface area (Å²) in [6.45, 7) is 1.53. The molecule has 0 radical (unpaired) electrons. The molecule has 1 amide bonds. The first-order chi connectivity index (χ1) is 10.1. The van der Waals surface area contributed by atoms with Gasteiger partial charge in [0, 0.05) is 16.1 Å². The quantitative estimate of drug-likeness (QED) is 0.881. The van der Waals surface area contributed by atoms with Crippen molar-refractivity contribution in [1.29, 1.82) is 0 Å². The van der Waals surface area contributed by atoms with E-state index >= 15 is 0 Å². The lowest BCUT2D eigenvalue weighted by molar-refractivity contribution is -0.115. The fourth-order valence-electron chi connectivity index (χ4n) is 2.34. The lowest BCUT2D eigenvalue weighted by Gasteiger charge is -2.10. The van der Waals surface area contributed by atoms with Crippen LogP contribution in [0.1, 0.15) is 22.8 Å². The van der Waals surface area contributed by atoms with Gasteiger partial charge in [-0.1, -0.05) is 18.2 Å². The van der Waals surface area contributed by atoms with Crippen LogP contribution in [0, 0.1) is 0 Å². The molecule has 0 saturated heterocycles. The molecule has 0 bridgehead atoms. The average Bonchev–Trinajstić information content (AvgIpc) is 2.92. The van der Waals surface area contributed by atoms with Gasteiger partial charge in [-0.25, -0.2) is 0 Å². The first kappa shape index (κ1) is 13.9. The standard InChI is InChI=1S/C17H15NO2S/c1-11(19)12-6-8-14(9-7-12)18-17(20)16-10-13-4-2-3-5-15(13)21-16/h2-9,16H,10H2,1H3,(H,18,20). The van der Waals surface area contributed by atoms with Crippen LogP contribution in [0.15, 0.2) is 53.4 Å². The minimum Gasteiger partial charge on any atom is -0.325 e. The van der Waals surface area contributed by atoms with Gasteiger partial charge in [0.25, 0.3) is 0 Å². The summed E-state index contributed by atoms with van der Waals surface area (Å²) in [5.41, 5.74) is 2.60. The molecule has 1 N–H and O–H groups in total. The van der Waals surface area contributed by atoms with Crippen molar-refractivity contribution in [2.24, 2.45) is 0 Å². The van der Waals surface area contributed by atoms with E-state index in [1.54, 1.807) is 36.0 Å². The molecular weight excluding hydrogens is 282 g/mol. The Bertz CT molecular complexity index is 669. The molecule has 3 rings (SSSR count). The lowest BCUT2D eigenvalue weighted by atomic mass is 10.1. The Kier molecular flexibility index (Phi) is 3.80. The summed E-state index contributed by atoms with van der Waals surface area (Å²) in [7, 11) is 0. The fourth-order valence-corrected chi connectivity index (χ4v) is 3.53. The predicted octanol–water partition coefficient (Wildman–Crippen LogP) is 3.54. The third kappa shape index (κ3) is 3.00. The molecule has 0 saturated carbocycles. The molecule has 106 valence electrons. The van der Waals surface area contributed by atoms with Crippen LogP contribution in [0.5, 0.6) is 0 Å². The maximum Gasteiger partial charge on any atom is 0.238 e. The molecular formula is C17H15NO2S. The smallest absolute Gasteiger partial charge is 0.238 e. The van der Waals surface area contributed by atoms with Crippen LogP contribution in [0.4, 0.5) is 5.69 Å². The molecule has 4 heteroatoms. The first-order valence-corrected chi connectivity index (χ1v) is 7.68. The van der Waals surface area contributed by atoms with Crippen LogP contribution in [-0.2, 0) is 11.2 Å². The van der Waals surface area contributed by atoms with E-state index in [1.807, 2.05) is 12.1 Å². The third-order valence-corrected chi connectivity index (χ3v) is 4.82. The van der Waals surface area contributed by atoms with Crippen LogP contribution < -0.4 is 5.32 Å². The fraction of sp³-hybridized carbons (Fsp3) is 0.176. The normalized spacial score (nSPS) is 16.3. The number of hydrogen-bond donors (Lipinski definition) is 1. The van der Waals surface area contributed by atoms with E-state index in [-0.39, 0.29) is 16.9 Å². The molecule has 2 aromatic carbocycles. The zero-order valence-corrected chi connectivity index (χ0v) is 12.4. The van der Waals surface area contributed by atoms with Crippen molar-refractivity contribution in [3.63, 3.8) is 0 Å². The van der Waals surface area contributed by atoms with Crippen LogP contribution in [-0.4, -0.2) is 16.9 Å².